The molecule has 1 saturated heterocycles. The lowest BCUT2D eigenvalue weighted by Gasteiger charge is -2.34. The molecule has 7 nitrogen and oxygen atoms in total. The van der Waals surface area contributed by atoms with Crippen molar-refractivity contribution in [3.05, 3.63) is 17.5 Å². The molecule has 0 amide bonds. The van der Waals surface area contributed by atoms with Crippen LogP contribution in [-0.2, 0) is 22.4 Å². The molecule has 8 heteroatoms. The molecule has 0 aromatic carbocycles. The van der Waals surface area contributed by atoms with Crippen LogP contribution in [0.15, 0.2) is 15.6 Å². The Hall–Kier alpha value is -0.870. The molecule has 2 rings (SSSR count). The Kier molecular flexibility index (Phi) is 11.1. The van der Waals surface area contributed by atoms with E-state index in [0.717, 1.165) is 69.4 Å². The number of aryl methyl sites for hydroxylation is 1. The van der Waals surface area contributed by atoms with E-state index in [1.165, 1.54) is 0 Å². The van der Waals surface area contributed by atoms with Crippen LogP contribution in [0.25, 0.3) is 0 Å². The van der Waals surface area contributed by atoms with Crippen molar-refractivity contribution >= 4 is 29.9 Å². The van der Waals surface area contributed by atoms with Gasteiger partial charge < -0.3 is 24.2 Å². The second kappa shape index (κ2) is 12.5. The maximum atomic E-state index is 5.90. The molecule has 1 aromatic rings. The van der Waals surface area contributed by atoms with E-state index in [2.05, 4.69) is 27.3 Å². The van der Waals surface area contributed by atoms with Crippen LogP contribution in [0.2, 0.25) is 0 Å². The number of ether oxygens (including phenoxy) is 2. The summed E-state index contributed by atoms with van der Waals surface area (Å²) in [5.74, 6) is 1.74. The van der Waals surface area contributed by atoms with E-state index in [4.69, 9.17) is 14.0 Å². The summed E-state index contributed by atoms with van der Waals surface area (Å²) < 4.78 is 16.2. The molecule has 0 bridgehead atoms. The molecule has 0 atom stereocenters. The molecule has 0 unspecified atom stereocenters. The largest absolute Gasteiger partial charge is 0.385 e. The van der Waals surface area contributed by atoms with Crippen LogP contribution < -0.4 is 5.32 Å². The Labute approximate surface area is 167 Å². The number of hydrogen-bond donors (Lipinski definition) is 1. The average molecular weight is 466 g/mol. The molecule has 1 fully saturated rings. The Morgan fingerprint density at radius 1 is 1.40 bits per heavy atom. The summed E-state index contributed by atoms with van der Waals surface area (Å²) in [4.78, 5) is 6.65. The molecule has 1 aliphatic rings. The summed E-state index contributed by atoms with van der Waals surface area (Å²) in [6.07, 6.45) is 4.23. The zero-order valence-corrected chi connectivity index (χ0v) is 17.8. The number of aliphatic imine (C=N–C) groups is 1. The van der Waals surface area contributed by atoms with E-state index >= 15 is 0 Å². The molecule has 0 radical (unpaired) electrons. The van der Waals surface area contributed by atoms with Gasteiger partial charge in [-0.15, -0.1) is 24.0 Å². The van der Waals surface area contributed by atoms with Crippen molar-refractivity contribution in [2.75, 3.05) is 40.5 Å². The highest BCUT2D eigenvalue weighted by molar-refractivity contribution is 14.0. The van der Waals surface area contributed by atoms with Gasteiger partial charge in [-0.05, 0) is 25.7 Å². The molecule has 25 heavy (non-hydrogen) atoms. The number of guanidine groups is 1. The molecular formula is C17H31IN4O3. The average Bonchev–Trinajstić information content (AvgIpc) is 3.08. The van der Waals surface area contributed by atoms with Crippen LogP contribution in [0.4, 0.5) is 0 Å². The second-order valence-electron chi connectivity index (χ2n) is 5.94. The molecule has 0 spiro atoms. The number of likely N-dealkylation sites (tertiary alicyclic amines) is 1. The summed E-state index contributed by atoms with van der Waals surface area (Å²) in [7, 11) is 3.53. The minimum Gasteiger partial charge on any atom is -0.385 e. The van der Waals surface area contributed by atoms with Crippen molar-refractivity contribution < 1.29 is 14.0 Å². The lowest BCUT2D eigenvalue weighted by atomic mass is 10.1. The van der Waals surface area contributed by atoms with Gasteiger partial charge in [-0.3, -0.25) is 4.99 Å². The fraction of sp³-hybridized carbons (Fsp3) is 0.765. The van der Waals surface area contributed by atoms with Crippen molar-refractivity contribution in [2.45, 2.75) is 45.3 Å². The number of halogens is 1. The van der Waals surface area contributed by atoms with Crippen molar-refractivity contribution in [2.24, 2.45) is 4.99 Å². The normalized spacial score (nSPS) is 16.0. The Bertz CT molecular complexity index is 502. The van der Waals surface area contributed by atoms with Gasteiger partial charge in [-0.1, -0.05) is 12.1 Å². The Balaban J connectivity index is 0.00000312. The van der Waals surface area contributed by atoms with Crippen LogP contribution in [-0.4, -0.2) is 62.6 Å². The summed E-state index contributed by atoms with van der Waals surface area (Å²) in [5.41, 5.74) is 0.980. The highest BCUT2D eigenvalue weighted by Crippen LogP contribution is 2.14. The van der Waals surface area contributed by atoms with E-state index in [-0.39, 0.29) is 24.0 Å². The molecule has 0 saturated carbocycles. The van der Waals surface area contributed by atoms with Crippen molar-refractivity contribution in [3.63, 3.8) is 0 Å². The number of piperidine rings is 1. The Morgan fingerprint density at radius 3 is 2.76 bits per heavy atom. The molecule has 144 valence electrons. The number of nitrogens with zero attached hydrogens (tertiary/aromatic N) is 3. The summed E-state index contributed by atoms with van der Waals surface area (Å²) in [6, 6.07) is 1.99. The number of rotatable bonds is 8. The van der Waals surface area contributed by atoms with Crippen molar-refractivity contribution in [1.29, 1.82) is 0 Å². The minimum absolute atomic E-state index is 0. The number of nitrogens with one attached hydrogen (secondary N) is 1. The zero-order chi connectivity index (χ0) is 17.2. The summed E-state index contributed by atoms with van der Waals surface area (Å²) in [6.45, 7) is 6.10. The fourth-order valence-electron chi connectivity index (χ4n) is 2.79. The van der Waals surface area contributed by atoms with E-state index < -0.39 is 0 Å². The monoisotopic (exact) mass is 466 g/mol. The highest BCUT2D eigenvalue weighted by atomic mass is 127. The lowest BCUT2D eigenvalue weighted by molar-refractivity contribution is 0.00988. The number of methoxy groups -OCH3 is 1. The van der Waals surface area contributed by atoms with E-state index in [1.807, 2.05) is 13.1 Å². The standard InChI is InChI=1S/C17H30N4O3.HI/c1-4-14-12-16(24-20-14)13-19-17(18-2)21-8-6-15(7-9-21)23-11-5-10-22-3;/h12,15H,4-11,13H2,1-3H3,(H,18,19);1H. The first-order chi connectivity index (χ1) is 11.8. The number of hydrogen-bond acceptors (Lipinski definition) is 5. The summed E-state index contributed by atoms with van der Waals surface area (Å²) in [5, 5.41) is 7.36. The van der Waals surface area contributed by atoms with Crippen LogP contribution in [0.1, 0.15) is 37.6 Å². The van der Waals surface area contributed by atoms with E-state index in [0.29, 0.717) is 12.6 Å². The van der Waals surface area contributed by atoms with Crippen LogP contribution >= 0.6 is 24.0 Å². The van der Waals surface area contributed by atoms with Gasteiger partial charge in [0.2, 0.25) is 0 Å². The van der Waals surface area contributed by atoms with Gasteiger partial charge in [0, 0.05) is 46.5 Å². The highest BCUT2D eigenvalue weighted by Gasteiger charge is 2.22. The first kappa shape index (κ1) is 22.2. The van der Waals surface area contributed by atoms with E-state index in [9.17, 15) is 0 Å². The maximum Gasteiger partial charge on any atom is 0.194 e. The first-order valence-corrected chi connectivity index (χ1v) is 8.77. The third kappa shape index (κ3) is 7.49. The van der Waals surface area contributed by atoms with Gasteiger partial charge in [0.25, 0.3) is 0 Å². The van der Waals surface area contributed by atoms with E-state index in [1.54, 1.807) is 7.11 Å². The first-order valence-electron chi connectivity index (χ1n) is 8.77. The molecule has 0 aliphatic carbocycles. The van der Waals surface area contributed by atoms with Gasteiger partial charge in [0.1, 0.15) is 0 Å². The Morgan fingerprint density at radius 2 is 2.16 bits per heavy atom. The van der Waals surface area contributed by atoms with Gasteiger partial charge >= 0.3 is 0 Å². The lowest BCUT2D eigenvalue weighted by Crippen LogP contribution is -2.46. The minimum atomic E-state index is 0. The summed E-state index contributed by atoms with van der Waals surface area (Å²) >= 11 is 0. The van der Waals surface area contributed by atoms with Crippen molar-refractivity contribution in [1.82, 2.24) is 15.4 Å². The zero-order valence-electron chi connectivity index (χ0n) is 15.5. The van der Waals surface area contributed by atoms with Gasteiger partial charge in [-0.2, -0.15) is 0 Å². The second-order valence-corrected chi connectivity index (χ2v) is 5.94. The third-order valence-electron chi connectivity index (χ3n) is 4.19. The van der Waals surface area contributed by atoms with Crippen LogP contribution in [0, 0.1) is 0 Å². The van der Waals surface area contributed by atoms with Crippen LogP contribution in [0.3, 0.4) is 0 Å². The predicted molar refractivity (Wildman–Crippen MR) is 109 cm³/mol. The fourth-order valence-corrected chi connectivity index (χ4v) is 2.79. The van der Waals surface area contributed by atoms with Crippen molar-refractivity contribution in [3.8, 4) is 0 Å². The number of aromatic nitrogens is 1. The van der Waals surface area contributed by atoms with Gasteiger partial charge in [0.15, 0.2) is 11.7 Å². The molecule has 1 N–H and O–H groups in total. The van der Waals surface area contributed by atoms with Gasteiger partial charge in [-0.25, -0.2) is 0 Å². The molecule has 1 aliphatic heterocycles. The predicted octanol–water partition coefficient (Wildman–Crippen LogP) is 2.45. The molecular weight excluding hydrogens is 435 g/mol. The molecule has 1 aromatic heterocycles. The molecule has 2 heterocycles. The topological polar surface area (TPSA) is 72.1 Å². The quantitative estimate of drug-likeness (QED) is 0.275. The third-order valence-corrected chi connectivity index (χ3v) is 4.19. The SMILES string of the molecule is CCc1cc(CNC(=NC)N2CCC(OCCCOC)CC2)on1.I. The van der Waals surface area contributed by atoms with Gasteiger partial charge in [0.05, 0.1) is 18.3 Å². The van der Waals surface area contributed by atoms with Crippen LogP contribution in [0.5, 0.6) is 0 Å². The smallest absolute Gasteiger partial charge is 0.194 e. The maximum absolute atomic E-state index is 5.90.